The van der Waals surface area contributed by atoms with E-state index in [1.165, 1.54) is 26.2 Å². The van der Waals surface area contributed by atoms with Crippen molar-refractivity contribution < 1.29 is 32.6 Å². The van der Waals surface area contributed by atoms with E-state index < -0.39 is 31.1 Å². The van der Waals surface area contributed by atoms with Crippen molar-refractivity contribution >= 4 is 11.9 Å². The lowest BCUT2D eigenvalue weighted by Crippen LogP contribution is -2.31. The number of alkyl halides is 2. The Labute approximate surface area is 130 Å². The van der Waals surface area contributed by atoms with E-state index in [9.17, 15) is 18.4 Å². The van der Waals surface area contributed by atoms with Gasteiger partial charge >= 0.3 is 12.6 Å². The lowest BCUT2D eigenvalue weighted by molar-refractivity contribution is -0.144. The summed E-state index contributed by atoms with van der Waals surface area (Å²) < 4.78 is 38.2. The second-order valence-corrected chi connectivity index (χ2v) is 4.19. The van der Waals surface area contributed by atoms with Crippen molar-refractivity contribution in [2.75, 3.05) is 13.7 Å². The predicted octanol–water partition coefficient (Wildman–Crippen LogP) is 1.48. The summed E-state index contributed by atoms with van der Waals surface area (Å²) in [6, 6.07) is 5.28. The number of carbonyl (C=O) groups excluding carboxylic acids is 2. The molecule has 0 bridgehead atoms. The van der Waals surface area contributed by atoms with Crippen molar-refractivity contribution in [1.29, 1.82) is 5.26 Å². The highest BCUT2D eigenvalue weighted by molar-refractivity contribution is 5.96. The van der Waals surface area contributed by atoms with Gasteiger partial charge in [-0.05, 0) is 25.1 Å². The zero-order valence-corrected chi connectivity index (χ0v) is 12.3. The van der Waals surface area contributed by atoms with E-state index in [2.05, 4.69) is 14.8 Å². The molecule has 0 unspecified atom stereocenters. The Morgan fingerprint density at radius 3 is 2.61 bits per heavy atom. The molecule has 0 saturated carbocycles. The second kappa shape index (κ2) is 8.53. The van der Waals surface area contributed by atoms with E-state index in [4.69, 9.17) is 10.00 Å². The molecule has 124 valence electrons. The van der Waals surface area contributed by atoms with Gasteiger partial charge in [-0.25, -0.2) is 0 Å². The van der Waals surface area contributed by atoms with Crippen LogP contribution in [0.2, 0.25) is 0 Å². The van der Waals surface area contributed by atoms with Crippen LogP contribution in [-0.4, -0.2) is 38.2 Å². The van der Waals surface area contributed by atoms with Gasteiger partial charge in [-0.1, -0.05) is 0 Å². The molecule has 1 N–H and O–H groups in total. The first-order valence-corrected chi connectivity index (χ1v) is 6.37. The number of nitrogens with one attached hydrogen (secondary N) is 1. The number of ether oxygens (including phenoxy) is 3. The quantitative estimate of drug-likeness (QED) is 0.762. The van der Waals surface area contributed by atoms with Gasteiger partial charge in [0, 0.05) is 5.56 Å². The number of nitriles is 1. The van der Waals surface area contributed by atoms with Crippen LogP contribution >= 0.6 is 0 Å². The summed E-state index contributed by atoms with van der Waals surface area (Å²) in [5, 5.41) is 10.8. The normalized spacial score (nSPS) is 11.3. The number of rotatable bonds is 7. The van der Waals surface area contributed by atoms with E-state index in [1.54, 1.807) is 6.07 Å². The molecule has 7 nitrogen and oxygen atoms in total. The van der Waals surface area contributed by atoms with Gasteiger partial charge in [0.05, 0.1) is 7.11 Å². The number of carbonyl (C=O) groups is 2. The Morgan fingerprint density at radius 2 is 2.04 bits per heavy atom. The summed E-state index contributed by atoms with van der Waals surface area (Å²) in [5.74, 6) is -1.70. The standard InChI is InChI=1S/C14H14F2N2O5/c1-8(6-17)22-12(19)7-18-13(20)9-3-4-10(23-14(15)16)11(5-9)21-2/h3-5,8,14H,7H2,1-2H3,(H,18,20)/t8-/m1/s1. The highest BCUT2D eigenvalue weighted by Crippen LogP contribution is 2.29. The largest absolute Gasteiger partial charge is 0.493 e. The average molecular weight is 328 g/mol. The molecular weight excluding hydrogens is 314 g/mol. The Balaban J connectivity index is 2.70. The van der Waals surface area contributed by atoms with Gasteiger partial charge in [0.25, 0.3) is 5.91 Å². The Morgan fingerprint density at radius 1 is 1.35 bits per heavy atom. The summed E-state index contributed by atoms with van der Waals surface area (Å²) in [4.78, 5) is 23.2. The first kappa shape index (κ1) is 18.2. The molecule has 1 atom stereocenters. The number of esters is 1. The van der Waals surface area contributed by atoms with Crippen molar-refractivity contribution in [2.24, 2.45) is 0 Å². The van der Waals surface area contributed by atoms with Crippen LogP contribution in [0.5, 0.6) is 11.5 Å². The zero-order valence-electron chi connectivity index (χ0n) is 12.3. The Hall–Kier alpha value is -2.89. The van der Waals surface area contributed by atoms with Crippen LogP contribution in [0.4, 0.5) is 8.78 Å². The average Bonchev–Trinajstić information content (AvgIpc) is 2.52. The number of halogens is 2. The van der Waals surface area contributed by atoms with Crippen LogP contribution in [-0.2, 0) is 9.53 Å². The molecule has 0 aliphatic carbocycles. The Kier molecular flexibility index (Phi) is 6.73. The maximum absolute atomic E-state index is 12.2. The number of nitrogens with zero attached hydrogens (tertiary/aromatic N) is 1. The van der Waals surface area contributed by atoms with Crippen molar-refractivity contribution in [3.63, 3.8) is 0 Å². The SMILES string of the molecule is COc1cc(C(=O)NCC(=O)O[C@H](C)C#N)ccc1OC(F)F. The monoisotopic (exact) mass is 328 g/mol. The fraction of sp³-hybridized carbons (Fsp3) is 0.357. The lowest BCUT2D eigenvalue weighted by atomic mass is 10.2. The minimum absolute atomic E-state index is 0.0568. The molecule has 0 heterocycles. The molecule has 0 aliphatic rings. The van der Waals surface area contributed by atoms with Crippen LogP contribution in [0.1, 0.15) is 17.3 Å². The molecule has 1 aromatic carbocycles. The molecule has 1 rings (SSSR count). The van der Waals surface area contributed by atoms with Crippen molar-refractivity contribution in [3.05, 3.63) is 23.8 Å². The van der Waals surface area contributed by atoms with E-state index >= 15 is 0 Å². The number of hydrogen-bond donors (Lipinski definition) is 1. The van der Waals surface area contributed by atoms with Crippen LogP contribution in [0.15, 0.2) is 18.2 Å². The van der Waals surface area contributed by atoms with Gasteiger partial charge in [0.2, 0.25) is 0 Å². The van der Waals surface area contributed by atoms with Crippen molar-refractivity contribution in [1.82, 2.24) is 5.32 Å². The van der Waals surface area contributed by atoms with Gasteiger partial charge in [-0.2, -0.15) is 14.0 Å². The minimum Gasteiger partial charge on any atom is -0.493 e. The maximum Gasteiger partial charge on any atom is 0.387 e. The van der Waals surface area contributed by atoms with Crippen LogP contribution in [0.25, 0.3) is 0 Å². The third kappa shape index (κ3) is 5.78. The minimum atomic E-state index is -3.03. The first-order chi connectivity index (χ1) is 10.9. The first-order valence-electron chi connectivity index (χ1n) is 6.37. The molecule has 0 radical (unpaired) electrons. The third-order valence-electron chi connectivity index (χ3n) is 2.53. The lowest BCUT2D eigenvalue weighted by Gasteiger charge is -2.11. The summed E-state index contributed by atoms with van der Waals surface area (Å²) in [6.45, 7) is -2.09. The van der Waals surface area contributed by atoms with Crippen LogP contribution in [0, 0.1) is 11.3 Å². The van der Waals surface area contributed by atoms with Gasteiger partial charge < -0.3 is 19.5 Å². The van der Waals surface area contributed by atoms with Gasteiger partial charge in [0.15, 0.2) is 17.6 Å². The maximum atomic E-state index is 12.2. The van der Waals surface area contributed by atoms with Crippen molar-refractivity contribution in [3.8, 4) is 17.6 Å². The molecule has 1 aromatic rings. The van der Waals surface area contributed by atoms with Crippen LogP contribution in [0.3, 0.4) is 0 Å². The third-order valence-corrected chi connectivity index (χ3v) is 2.53. The number of amides is 1. The van der Waals surface area contributed by atoms with E-state index in [1.807, 2.05) is 0 Å². The Bertz CT molecular complexity index is 616. The number of methoxy groups -OCH3 is 1. The fourth-order valence-corrected chi connectivity index (χ4v) is 1.52. The molecule has 0 fully saturated rings. The molecule has 0 aliphatic heterocycles. The molecule has 0 aromatic heterocycles. The molecule has 1 amide bonds. The summed E-state index contributed by atoms with van der Waals surface area (Å²) in [6.07, 6.45) is -0.926. The second-order valence-electron chi connectivity index (χ2n) is 4.19. The predicted molar refractivity (Wildman–Crippen MR) is 73.1 cm³/mol. The molecule has 23 heavy (non-hydrogen) atoms. The van der Waals surface area contributed by atoms with Crippen LogP contribution < -0.4 is 14.8 Å². The smallest absolute Gasteiger partial charge is 0.387 e. The molecule has 9 heteroatoms. The summed E-state index contributed by atoms with van der Waals surface area (Å²) in [5.41, 5.74) is 0.0737. The van der Waals surface area contributed by atoms with E-state index in [-0.39, 0.29) is 17.1 Å². The topological polar surface area (TPSA) is 97.6 Å². The van der Waals surface area contributed by atoms with E-state index in [0.29, 0.717) is 0 Å². The molecular formula is C14H14F2N2O5. The van der Waals surface area contributed by atoms with E-state index in [0.717, 1.165) is 6.07 Å². The molecule has 0 saturated heterocycles. The highest BCUT2D eigenvalue weighted by atomic mass is 19.3. The fourth-order valence-electron chi connectivity index (χ4n) is 1.52. The van der Waals surface area contributed by atoms with Gasteiger partial charge in [0.1, 0.15) is 12.6 Å². The van der Waals surface area contributed by atoms with Crippen molar-refractivity contribution in [2.45, 2.75) is 19.6 Å². The number of benzene rings is 1. The highest BCUT2D eigenvalue weighted by Gasteiger charge is 2.15. The van der Waals surface area contributed by atoms with Gasteiger partial charge in [-0.3, -0.25) is 9.59 Å². The van der Waals surface area contributed by atoms with Gasteiger partial charge in [-0.15, -0.1) is 0 Å². The molecule has 0 spiro atoms. The number of hydrogen-bond acceptors (Lipinski definition) is 6. The zero-order chi connectivity index (χ0) is 17.4. The summed E-state index contributed by atoms with van der Waals surface area (Å²) >= 11 is 0. The summed E-state index contributed by atoms with van der Waals surface area (Å²) in [7, 11) is 1.23.